The van der Waals surface area contributed by atoms with Crippen LogP contribution in [0.3, 0.4) is 0 Å². The topological polar surface area (TPSA) is 113 Å². The summed E-state index contributed by atoms with van der Waals surface area (Å²) >= 11 is 0. The van der Waals surface area contributed by atoms with Crippen molar-refractivity contribution in [3.05, 3.63) is 69.6 Å². The second kappa shape index (κ2) is 7.58. The molecule has 0 aliphatic carbocycles. The molecule has 1 unspecified atom stereocenters. The number of alkyl halides is 3. The number of aliphatic carboxylic acids is 1. The SMILES string of the molecule is CC(NC(=O)c1c(O)c2cccn2n(Cc2ccc(C(F)(F)F)cc2)c1=O)C(=O)O. The molecule has 0 aliphatic rings. The van der Waals surface area contributed by atoms with Crippen molar-refractivity contribution in [1.29, 1.82) is 0 Å². The number of carboxylic acids is 1. The van der Waals surface area contributed by atoms with Crippen molar-refractivity contribution in [2.24, 2.45) is 0 Å². The predicted octanol–water partition coefficient (Wildman–Crippen LogP) is 2.08. The molecule has 3 aromatic rings. The van der Waals surface area contributed by atoms with E-state index in [0.29, 0.717) is 5.56 Å². The van der Waals surface area contributed by atoms with Gasteiger partial charge in [0.15, 0.2) is 5.75 Å². The third kappa shape index (κ3) is 3.86. The van der Waals surface area contributed by atoms with Gasteiger partial charge in [-0.15, -0.1) is 0 Å². The number of nitrogens with one attached hydrogen (secondary N) is 1. The lowest BCUT2D eigenvalue weighted by Gasteiger charge is -2.16. The van der Waals surface area contributed by atoms with Crippen LogP contribution in [0.5, 0.6) is 5.75 Å². The van der Waals surface area contributed by atoms with Crippen LogP contribution in [0, 0.1) is 0 Å². The minimum Gasteiger partial charge on any atom is -0.505 e. The lowest BCUT2D eigenvalue weighted by atomic mass is 10.1. The second-order valence-corrected chi connectivity index (χ2v) is 6.55. The smallest absolute Gasteiger partial charge is 0.416 e. The van der Waals surface area contributed by atoms with Gasteiger partial charge in [-0.05, 0) is 36.8 Å². The zero-order chi connectivity index (χ0) is 22.2. The number of hydrogen-bond donors (Lipinski definition) is 3. The Morgan fingerprint density at radius 1 is 1.17 bits per heavy atom. The molecule has 0 spiro atoms. The highest BCUT2D eigenvalue weighted by atomic mass is 19.4. The van der Waals surface area contributed by atoms with E-state index in [-0.39, 0.29) is 12.1 Å². The maximum atomic E-state index is 12.9. The molecule has 0 fully saturated rings. The van der Waals surface area contributed by atoms with E-state index in [9.17, 15) is 32.7 Å². The number of carbonyl (C=O) groups excluding carboxylic acids is 1. The summed E-state index contributed by atoms with van der Waals surface area (Å²) in [6, 6.07) is 5.75. The Bertz CT molecular complexity index is 1180. The predicted molar refractivity (Wildman–Crippen MR) is 98.4 cm³/mol. The molecule has 0 bridgehead atoms. The number of carboxylic acid groups (broad SMARTS) is 1. The molecule has 3 rings (SSSR count). The van der Waals surface area contributed by atoms with Gasteiger partial charge in [-0.2, -0.15) is 13.2 Å². The number of hydrogen-bond acceptors (Lipinski definition) is 4. The molecular weight excluding hydrogens is 407 g/mol. The Labute approximate surface area is 166 Å². The molecule has 0 radical (unpaired) electrons. The minimum absolute atomic E-state index is 0.0923. The van der Waals surface area contributed by atoms with E-state index in [2.05, 4.69) is 5.32 Å². The zero-order valence-electron chi connectivity index (χ0n) is 15.5. The number of aromatic hydroxyl groups is 1. The van der Waals surface area contributed by atoms with Gasteiger partial charge in [0, 0.05) is 6.20 Å². The van der Waals surface area contributed by atoms with Gasteiger partial charge in [0.05, 0.1) is 12.1 Å². The molecule has 1 aromatic carbocycles. The number of benzene rings is 1. The van der Waals surface area contributed by atoms with E-state index in [1.807, 2.05) is 0 Å². The number of fused-ring (bicyclic) bond motifs is 1. The van der Waals surface area contributed by atoms with Crippen molar-refractivity contribution in [2.75, 3.05) is 0 Å². The fourth-order valence-corrected chi connectivity index (χ4v) is 2.88. The highest BCUT2D eigenvalue weighted by Crippen LogP contribution is 2.29. The number of halogens is 3. The molecule has 0 saturated carbocycles. The molecule has 0 saturated heterocycles. The van der Waals surface area contributed by atoms with E-state index in [4.69, 9.17) is 5.11 Å². The minimum atomic E-state index is -4.51. The molecular formula is C19H16F3N3O5. The summed E-state index contributed by atoms with van der Waals surface area (Å²) in [6.07, 6.45) is -3.07. The summed E-state index contributed by atoms with van der Waals surface area (Å²) < 4.78 is 40.6. The van der Waals surface area contributed by atoms with Crippen LogP contribution in [0.4, 0.5) is 13.2 Å². The zero-order valence-corrected chi connectivity index (χ0v) is 15.5. The molecule has 1 amide bonds. The maximum absolute atomic E-state index is 12.9. The summed E-state index contributed by atoms with van der Waals surface area (Å²) in [6.45, 7) is 0.991. The van der Waals surface area contributed by atoms with E-state index >= 15 is 0 Å². The highest BCUT2D eigenvalue weighted by Gasteiger charge is 2.30. The number of aromatic nitrogens is 2. The maximum Gasteiger partial charge on any atom is 0.416 e. The molecule has 158 valence electrons. The summed E-state index contributed by atoms with van der Waals surface area (Å²) in [7, 11) is 0. The fourth-order valence-electron chi connectivity index (χ4n) is 2.88. The number of rotatable bonds is 5. The fraction of sp³-hybridized carbons (Fsp3) is 0.211. The van der Waals surface area contributed by atoms with Gasteiger partial charge in [0.1, 0.15) is 17.1 Å². The van der Waals surface area contributed by atoms with E-state index in [1.54, 1.807) is 0 Å². The van der Waals surface area contributed by atoms with Crippen molar-refractivity contribution in [1.82, 2.24) is 14.5 Å². The Hall–Kier alpha value is -3.76. The third-order valence-corrected chi connectivity index (χ3v) is 4.47. The Morgan fingerprint density at radius 2 is 1.80 bits per heavy atom. The van der Waals surface area contributed by atoms with Crippen molar-refractivity contribution in [3.63, 3.8) is 0 Å². The standard InChI is InChI=1S/C19H16F3N3O5/c1-10(18(29)30)23-16(27)14-15(26)13-3-2-8-24(13)25(17(14)28)9-11-4-6-12(7-5-11)19(20,21)22/h2-8,10,26H,9H2,1H3,(H,23,27)(H,29,30). The number of nitrogens with zero attached hydrogens (tertiary/aromatic N) is 2. The van der Waals surface area contributed by atoms with Crippen LogP contribution in [-0.2, 0) is 17.5 Å². The third-order valence-electron chi connectivity index (χ3n) is 4.47. The summed E-state index contributed by atoms with van der Waals surface area (Å²) in [5.74, 6) is -3.06. The normalized spacial score (nSPS) is 12.7. The van der Waals surface area contributed by atoms with Crippen LogP contribution < -0.4 is 10.9 Å². The van der Waals surface area contributed by atoms with Gasteiger partial charge in [-0.1, -0.05) is 12.1 Å². The molecule has 3 N–H and O–H groups in total. The molecule has 11 heteroatoms. The second-order valence-electron chi connectivity index (χ2n) is 6.55. The monoisotopic (exact) mass is 423 g/mol. The Kier molecular flexibility index (Phi) is 5.29. The molecule has 2 aromatic heterocycles. The summed E-state index contributed by atoms with van der Waals surface area (Å²) in [5, 5.41) is 21.4. The first kappa shape index (κ1) is 21.0. The highest BCUT2D eigenvalue weighted by molar-refractivity contribution is 6.00. The largest absolute Gasteiger partial charge is 0.505 e. The average molecular weight is 423 g/mol. The summed E-state index contributed by atoms with van der Waals surface area (Å²) in [5.41, 5.74) is -2.02. The van der Waals surface area contributed by atoms with Crippen molar-refractivity contribution in [3.8, 4) is 5.75 Å². The van der Waals surface area contributed by atoms with Crippen molar-refractivity contribution in [2.45, 2.75) is 25.7 Å². The van der Waals surface area contributed by atoms with E-state index < -0.39 is 46.5 Å². The van der Waals surface area contributed by atoms with Crippen molar-refractivity contribution < 1.29 is 33.0 Å². The summed E-state index contributed by atoms with van der Waals surface area (Å²) in [4.78, 5) is 36.3. The number of amides is 1. The molecule has 1 atom stereocenters. The molecule has 0 aliphatic heterocycles. The van der Waals surface area contributed by atoms with Gasteiger partial charge in [-0.3, -0.25) is 18.9 Å². The molecule has 2 heterocycles. The van der Waals surface area contributed by atoms with Crippen LogP contribution in [-0.4, -0.2) is 37.3 Å². The number of carbonyl (C=O) groups is 2. The van der Waals surface area contributed by atoms with Crippen LogP contribution in [0.25, 0.3) is 5.52 Å². The lowest BCUT2D eigenvalue weighted by molar-refractivity contribution is -0.139. The van der Waals surface area contributed by atoms with Gasteiger partial charge < -0.3 is 15.5 Å². The van der Waals surface area contributed by atoms with Gasteiger partial charge in [-0.25, -0.2) is 4.68 Å². The Balaban J connectivity index is 2.07. The van der Waals surface area contributed by atoms with Gasteiger partial charge in [0.2, 0.25) is 0 Å². The first-order valence-corrected chi connectivity index (χ1v) is 8.63. The van der Waals surface area contributed by atoms with E-state index in [1.165, 1.54) is 41.9 Å². The first-order valence-electron chi connectivity index (χ1n) is 8.63. The first-order chi connectivity index (χ1) is 14.0. The van der Waals surface area contributed by atoms with E-state index in [0.717, 1.165) is 16.8 Å². The lowest BCUT2D eigenvalue weighted by Crippen LogP contribution is -2.42. The van der Waals surface area contributed by atoms with Crippen LogP contribution >= 0.6 is 0 Å². The van der Waals surface area contributed by atoms with Crippen LogP contribution in [0.1, 0.15) is 28.4 Å². The van der Waals surface area contributed by atoms with Gasteiger partial charge >= 0.3 is 12.1 Å². The van der Waals surface area contributed by atoms with Crippen molar-refractivity contribution >= 4 is 17.4 Å². The quantitative estimate of drug-likeness (QED) is 0.582. The van der Waals surface area contributed by atoms with Crippen LogP contribution in [0.15, 0.2) is 47.4 Å². The molecule has 8 nitrogen and oxygen atoms in total. The van der Waals surface area contributed by atoms with Gasteiger partial charge in [0.25, 0.3) is 11.5 Å². The average Bonchev–Trinajstić information content (AvgIpc) is 3.15. The van der Waals surface area contributed by atoms with Crippen LogP contribution in [0.2, 0.25) is 0 Å². The molecule has 30 heavy (non-hydrogen) atoms. The Morgan fingerprint density at radius 3 is 2.37 bits per heavy atom.